The zero-order valence-electron chi connectivity index (χ0n) is 15.8. The summed E-state index contributed by atoms with van der Waals surface area (Å²) in [5.74, 6) is -3.19. The van der Waals surface area contributed by atoms with E-state index in [4.69, 9.17) is 5.41 Å². The van der Waals surface area contributed by atoms with Crippen LogP contribution in [0.1, 0.15) is 38.8 Å². The summed E-state index contributed by atoms with van der Waals surface area (Å²) in [6, 6.07) is 11.2. The molecule has 1 aromatic heterocycles. The normalized spacial score (nSPS) is 10.5. The van der Waals surface area contributed by atoms with Gasteiger partial charge >= 0.3 is 0 Å². The molecule has 0 aliphatic rings. The maximum Gasteiger partial charge on any atom is 0.257 e. The third-order valence-electron chi connectivity index (χ3n) is 4.35. The van der Waals surface area contributed by atoms with Gasteiger partial charge in [0.05, 0.1) is 0 Å². The SMILES string of the molecule is CC(=N)c1ccc(C(=O)Cc2cc(F)c(F)cc2C(=O)Nc2ccc(Br)cn2)cc1. The van der Waals surface area contributed by atoms with E-state index in [1.165, 1.54) is 6.20 Å². The molecular formula is C22H16BrF2N3O2. The second-order valence-corrected chi connectivity index (χ2v) is 7.46. The molecule has 30 heavy (non-hydrogen) atoms. The minimum Gasteiger partial charge on any atom is -0.307 e. The molecule has 0 saturated heterocycles. The van der Waals surface area contributed by atoms with Crippen LogP contribution in [0.25, 0.3) is 0 Å². The maximum absolute atomic E-state index is 13.8. The molecule has 0 atom stereocenters. The summed E-state index contributed by atoms with van der Waals surface area (Å²) >= 11 is 3.23. The number of aromatic nitrogens is 1. The summed E-state index contributed by atoms with van der Waals surface area (Å²) in [4.78, 5) is 29.3. The van der Waals surface area contributed by atoms with Crippen molar-refractivity contribution in [3.8, 4) is 0 Å². The van der Waals surface area contributed by atoms with Gasteiger partial charge in [0.2, 0.25) is 0 Å². The smallest absolute Gasteiger partial charge is 0.257 e. The highest BCUT2D eigenvalue weighted by molar-refractivity contribution is 9.10. The Morgan fingerprint density at radius 1 is 1.03 bits per heavy atom. The predicted octanol–water partition coefficient (Wildman–Crippen LogP) is 5.19. The number of ketones is 1. The minimum absolute atomic E-state index is 0.0563. The predicted molar refractivity (Wildman–Crippen MR) is 113 cm³/mol. The van der Waals surface area contributed by atoms with E-state index in [0.717, 1.165) is 12.1 Å². The van der Waals surface area contributed by atoms with Gasteiger partial charge in [0.15, 0.2) is 17.4 Å². The largest absolute Gasteiger partial charge is 0.307 e. The lowest BCUT2D eigenvalue weighted by Gasteiger charge is -2.11. The molecule has 0 fully saturated rings. The Bertz CT molecular complexity index is 1130. The highest BCUT2D eigenvalue weighted by Crippen LogP contribution is 2.20. The monoisotopic (exact) mass is 471 g/mol. The van der Waals surface area contributed by atoms with Gasteiger partial charge in [-0.2, -0.15) is 0 Å². The van der Waals surface area contributed by atoms with E-state index in [1.54, 1.807) is 43.3 Å². The first-order valence-electron chi connectivity index (χ1n) is 8.84. The van der Waals surface area contributed by atoms with Gasteiger partial charge in [-0.1, -0.05) is 24.3 Å². The van der Waals surface area contributed by atoms with Gasteiger partial charge in [-0.25, -0.2) is 13.8 Å². The van der Waals surface area contributed by atoms with Crippen LogP contribution in [0, 0.1) is 17.0 Å². The lowest BCUT2D eigenvalue weighted by molar-refractivity contribution is 0.0992. The Balaban J connectivity index is 1.87. The lowest BCUT2D eigenvalue weighted by Crippen LogP contribution is -2.17. The fourth-order valence-corrected chi connectivity index (χ4v) is 2.99. The van der Waals surface area contributed by atoms with Crippen molar-refractivity contribution in [3.63, 3.8) is 0 Å². The van der Waals surface area contributed by atoms with Gasteiger partial charge in [-0.15, -0.1) is 0 Å². The first-order chi connectivity index (χ1) is 14.2. The molecule has 1 heterocycles. The molecule has 5 nitrogen and oxygen atoms in total. The Labute approximate surface area is 179 Å². The fraction of sp³-hybridized carbons (Fsp3) is 0.0909. The van der Waals surface area contributed by atoms with Crippen LogP contribution in [0.15, 0.2) is 59.2 Å². The van der Waals surface area contributed by atoms with Crippen LogP contribution in [0.2, 0.25) is 0 Å². The highest BCUT2D eigenvalue weighted by atomic mass is 79.9. The third kappa shape index (κ3) is 5.01. The molecule has 1 amide bonds. The van der Waals surface area contributed by atoms with Crippen LogP contribution >= 0.6 is 15.9 Å². The molecule has 8 heteroatoms. The van der Waals surface area contributed by atoms with E-state index in [1.807, 2.05) is 0 Å². The molecule has 0 unspecified atom stereocenters. The number of anilines is 1. The van der Waals surface area contributed by atoms with Crippen molar-refractivity contribution in [2.75, 3.05) is 5.32 Å². The van der Waals surface area contributed by atoms with Crippen molar-refractivity contribution >= 4 is 39.1 Å². The molecule has 0 saturated carbocycles. The third-order valence-corrected chi connectivity index (χ3v) is 4.82. The topological polar surface area (TPSA) is 82.9 Å². The van der Waals surface area contributed by atoms with Crippen LogP contribution in [-0.4, -0.2) is 22.4 Å². The number of amides is 1. The average Bonchev–Trinajstić information content (AvgIpc) is 2.72. The number of Topliss-reactive ketones (excluding diaryl/α,β-unsaturated/α-hetero) is 1. The van der Waals surface area contributed by atoms with Crippen LogP contribution in [0.4, 0.5) is 14.6 Å². The molecule has 0 spiro atoms. The summed E-state index contributed by atoms with van der Waals surface area (Å²) in [6.45, 7) is 1.63. The van der Waals surface area contributed by atoms with Crippen LogP contribution in [0.5, 0.6) is 0 Å². The van der Waals surface area contributed by atoms with Crippen molar-refractivity contribution in [1.82, 2.24) is 4.98 Å². The van der Waals surface area contributed by atoms with E-state index < -0.39 is 17.5 Å². The number of carbonyl (C=O) groups excluding carboxylic acids is 2. The van der Waals surface area contributed by atoms with E-state index in [2.05, 4.69) is 26.2 Å². The van der Waals surface area contributed by atoms with Crippen LogP contribution in [0.3, 0.4) is 0 Å². The quantitative estimate of drug-likeness (QED) is 0.383. The number of nitrogens with one attached hydrogen (secondary N) is 2. The zero-order valence-corrected chi connectivity index (χ0v) is 17.4. The molecule has 152 valence electrons. The molecule has 0 bridgehead atoms. The zero-order chi connectivity index (χ0) is 21.8. The Morgan fingerprint density at radius 2 is 1.67 bits per heavy atom. The lowest BCUT2D eigenvalue weighted by atomic mass is 9.97. The van der Waals surface area contributed by atoms with Crippen molar-refractivity contribution in [3.05, 3.63) is 93.1 Å². The molecule has 0 aliphatic carbocycles. The molecular weight excluding hydrogens is 456 g/mol. The number of carbonyl (C=O) groups is 2. The average molecular weight is 472 g/mol. The van der Waals surface area contributed by atoms with Crippen LogP contribution in [-0.2, 0) is 6.42 Å². The Kier molecular flexibility index (Phi) is 6.47. The molecule has 2 N–H and O–H groups in total. The number of hydrogen-bond acceptors (Lipinski definition) is 4. The number of nitrogens with zero attached hydrogens (tertiary/aromatic N) is 1. The molecule has 2 aromatic carbocycles. The number of rotatable bonds is 6. The molecule has 3 aromatic rings. The fourth-order valence-electron chi connectivity index (χ4n) is 2.76. The van der Waals surface area contributed by atoms with Crippen molar-refractivity contribution in [1.29, 1.82) is 5.41 Å². The van der Waals surface area contributed by atoms with Gasteiger partial charge in [-0.3, -0.25) is 9.59 Å². The van der Waals surface area contributed by atoms with Crippen LogP contribution < -0.4 is 5.32 Å². The van der Waals surface area contributed by atoms with Gasteiger partial charge in [0, 0.05) is 33.9 Å². The van der Waals surface area contributed by atoms with Crippen molar-refractivity contribution < 1.29 is 18.4 Å². The number of hydrogen-bond donors (Lipinski definition) is 2. The van der Waals surface area contributed by atoms with E-state index in [-0.39, 0.29) is 29.1 Å². The first kappa shape index (κ1) is 21.4. The minimum atomic E-state index is -1.19. The number of halogens is 3. The first-order valence-corrected chi connectivity index (χ1v) is 9.63. The van der Waals surface area contributed by atoms with Gasteiger partial charge in [0.25, 0.3) is 5.91 Å². The van der Waals surface area contributed by atoms with E-state index in [0.29, 0.717) is 21.3 Å². The number of pyridine rings is 1. The standard InChI is InChI=1S/C22H16BrF2N3O2/c1-12(26)13-2-4-14(5-3-13)20(29)9-15-8-18(24)19(25)10-17(15)22(30)28-21-7-6-16(23)11-27-21/h2-8,10-11,26H,9H2,1H3,(H,27,28,30). The van der Waals surface area contributed by atoms with E-state index >= 15 is 0 Å². The van der Waals surface area contributed by atoms with Gasteiger partial charge < -0.3 is 10.7 Å². The molecule has 3 rings (SSSR count). The second kappa shape index (κ2) is 9.04. The maximum atomic E-state index is 13.8. The van der Waals surface area contributed by atoms with Crippen molar-refractivity contribution in [2.45, 2.75) is 13.3 Å². The summed E-state index contributed by atoms with van der Waals surface area (Å²) in [5, 5.41) is 10.1. The van der Waals surface area contributed by atoms with E-state index in [9.17, 15) is 18.4 Å². The number of benzene rings is 2. The van der Waals surface area contributed by atoms with Gasteiger partial charge in [0.1, 0.15) is 5.82 Å². The molecule has 0 radical (unpaired) electrons. The summed E-state index contributed by atoms with van der Waals surface area (Å²) < 4.78 is 28.4. The second-order valence-electron chi connectivity index (χ2n) is 6.54. The van der Waals surface area contributed by atoms with Gasteiger partial charge in [-0.05, 0) is 58.2 Å². The summed E-state index contributed by atoms with van der Waals surface area (Å²) in [6.07, 6.45) is 1.18. The Morgan fingerprint density at radius 3 is 2.27 bits per heavy atom. The highest BCUT2D eigenvalue weighted by Gasteiger charge is 2.19. The Hall–Kier alpha value is -3.26. The molecule has 0 aliphatic heterocycles. The summed E-state index contributed by atoms with van der Waals surface area (Å²) in [7, 11) is 0. The van der Waals surface area contributed by atoms with Crippen molar-refractivity contribution in [2.24, 2.45) is 0 Å². The summed E-state index contributed by atoms with van der Waals surface area (Å²) in [5.41, 5.74) is 1.27.